The van der Waals surface area contributed by atoms with Gasteiger partial charge in [-0.2, -0.15) is 0 Å². The number of hydrogen-bond acceptors (Lipinski definition) is 4. The van der Waals surface area contributed by atoms with E-state index in [1.54, 1.807) is 13.3 Å². The summed E-state index contributed by atoms with van der Waals surface area (Å²) in [4.78, 5) is 4.20. The van der Waals surface area contributed by atoms with Gasteiger partial charge in [-0.05, 0) is 18.2 Å². The quantitative estimate of drug-likeness (QED) is 0.875. The minimum Gasteiger partial charge on any atom is -0.497 e. The molecule has 1 aromatic carbocycles. The minimum absolute atomic E-state index is 0.418. The minimum atomic E-state index is 0.418. The molecule has 0 spiro atoms. The fraction of sp³-hybridized carbons (Fsp3) is 0.214. The smallest absolute Gasteiger partial charge is 0.130 e. The topological polar surface area (TPSA) is 57.4 Å². The lowest BCUT2D eigenvalue weighted by Gasteiger charge is -2.11. The van der Waals surface area contributed by atoms with Crippen molar-refractivity contribution in [2.24, 2.45) is 5.73 Å². The van der Waals surface area contributed by atoms with E-state index in [0.717, 1.165) is 22.8 Å². The Balaban J connectivity index is 2.12. The lowest BCUT2D eigenvalue weighted by Crippen LogP contribution is -2.04. The van der Waals surface area contributed by atoms with Crippen molar-refractivity contribution in [2.45, 2.75) is 13.2 Å². The maximum Gasteiger partial charge on any atom is 0.130 e. The van der Waals surface area contributed by atoms with Gasteiger partial charge in [-0.25, -0.2) is 0 Å². The van der Waals surface area contributed by atoms with Crippen molar-refractivity contribution >= 4 is 0 Å². The number of methoxy groups -OCH3 is 1. The average molecular weight is 244 g/mol. The average Bonchev–Trinajstić information content (AvgIpc) is 2.45. The van der Waals surface area contributed by atoms with Crippen LogP contribution in [0.1, 0.15) is 11.3 Å². The van der Waals surface area contributed by atoms with Crippen LogP contribution in [0.3, 0.4) is 0 Å². The van der Waals surface area contributed by atoms with E-state index in [0.29, 0.717) is 13.2 Å². The fourth-order valence-electron chi connectivity index (χ4n) is 1.60. The molecule has 0 aliphatic heterocycles. The first-order valence-electron chi connectivity index (χ1n) is 5.73. The number of nitrogens with zero attached hydrogens (tertiary/aromatic N) is 1. The van der Waals surface area contributed by atoms with E-state index >= 15 is 0 Å². The van der Waals surface area contributed by atoms with Gasteiger partial charge in [0.2, 0.25) is 0 Å². The third kappa shape index (κ3) is 2.99. The number of rotatable bonds is 5. The van der Waals surface area contributed by atoms with Crippen molar-refractivity contribution in [1.82, 2.24) is 4.98 Å². The summed E-state index contributed by atoms with van der Waals surface area (Å²) in [6.07, 6.45) is 1.74. The van der Waals surface area contributed by atoms with Crippen LogP contribution in [0.5, 0.6) is 11.5 Å². The molecule has 0 unspecified atom stereocenters. The molecule has 0 saturated carbocycles. The van der Waals surface area contributed by atoms with E-state index in [4.69, 9.17) is 15.2 Å². The molecule has 2 rings (SSSR count). The van der Waals surface area contributed by atoms with Gasteiger partial charge in [0.25, 0.3) is 0 Å². The fourth-order valence-corrected chi connectivity index (χ4v) is 1.60. The molecule has 0 atom stereocenters. The molecule has 18 heavy (non-hydrogen) atoms. The number of pyridine rings is 1. The Labute approximate surface area is 106 Å². The SMILES string of the molecule is COc1ccc(CN)c(OCc2ccccn2)c1. The van der Waals surface area contributed by atoms with Crippen LogP contribution in [0.15, 0.2) is 42.6 Å². The van der Waals surface area contributed by atoms with Gasteiger partial charge >= 0.3 is 0 Å². The maximum absolute atomic E-state index is 5.73. The maximum atomic E-state index is 5.73. The van der Waals surface area contributed by atoms with Gasteiger partial charge in [-0.1, -0.05) is 12.1 Å². The molecular formula is C14H16N2O2. The first kappa shape index (κ1) is 12.4. The van der Waals surface area contributed by atoms with Crippen molar-refractivity contribution in [3.05, 3.63) is 53.9 Å². The van der Waals surface area contributed by atoms with Crippen LogP contribution in [-0.2, 0) is 13.2 Å². The van der Waals surface area contributed by atoms with Crippen LogP contribution in [0.2, 0.25) is 0 Å². The Kier molecular flexibility index (Phi) is 4.15. The highest BCUT2D eigenvalue weighted by Crippen LogP contribution is 2.25. The Morgan fingerprint density at radius 3 is 2.78 bits per heavy atom. The molecule has 0 amide bonds. The van der Waals surface area contributed by atoms with Crippen molar-refractivity contribution in [3.63, 3.8) is 0 Å². The van der Waals surface area contributed by atoms with E-state index in [1.165, 1.54) is 0 Å². The lowest BCUT2D eigenvalue weighted by atomic mass is 10.2. The highest BCUT2D eigenvalue weighted by molar-refractivity contribution is 5.40. The van der Waals surface area contributed by atoms with Crippen molar-refractivity contribution in [1.29, 1.82) is 0 Å². The van der Waals surface area contributed by atoms with Crippen molar-refractivity contribution in [3.8, 4) is 11.5 Å². The predicted molar refractivity (Wildman–Crippen MR) is 69.5 cm³/mol. The number of ether oxygens (including phenoxy) is 2. The second-order valence-electron chi connectivity index (χ2n) is 3.79. The summed E-state index contributed by atoms with van der Waals surface area (Å²) in [7, 11) is 1.62. The van der Waals surface area contributed by atoms with Crippen LogP contribution in [-0.4, -0.2) is 12.1 Å². The van der Waals surface area contributed by atoms with Crippen LogP contribution in [0, 0.1) is 0 Å². The Morgan fingerprint density at radius 2 is 2.11 bits per heavy atom. The lowest BCUT2D eigenvalue weighted by molar-refractivity contribution is 0.296. The summed E-state index contributed by atoms with van der Waals surface area (Å²) in [5, 5.41) is 0. The van der Waals surface area contributed by atoms with Gasteiger partial charge in [0.1, 0.15) is 18.1 Å². The second kappa shape index (κ2) is 6.02. The molecule has 1 aromatic heterocycles. The predicted octanol–water partition coefficient (Wildman–Crippen LogP) is 2.13. The van der Waals surface area contributed by atoms with Crippen molar-refractivity contribution < 1.29 is 9.47 Å². The van der Waals surface area contributed by atoms with Gasteiger partial charge in [0.15, 0.2) is 0 Å². The molecular weight excluding hydrogens is 228 g/mol. The first-order chi connectivity index (χ1) is 8.83. The number of hydrogen-bond donors (Lipinski definition) is 1. The molecule has 2 aromatic rings. The Morgan fingerprint density at radius 1 is 1.22 bits per heavy atom. The molecule has 0 fully saturated rings. The number of nitrogens with two attached hydrogens (primary N) is 1. The summed E-state index contributed by atoms with van der Waals surface area (Å²) in [6.45, 7) is 0.850. The highest BCUT2D eigenvalue weighted by Gasteiger charge is 2.05. The second-order valence-corrected chi connectivity index (χ2v) is 3.79. The molecule has 0 radical (unpaired) electrons. The van der Waals surface area contributed by atoms with Gasteiger partial charge in [0, 0.05) is 24.4 Å². The summed E-state index contributed by atoms with van der Waals surface area (Å²) < 4.78 is 10.9. The zero-order valence-electron chi connectivity index (χ0n) is 10.3. The van der Waals surface area contributed by atoms with Crippen LogP contribution in [0.25, 0.3) is 0 Å². The van der Waals surface area contributed by atoms with E-state index in [-0.39, 0.29) is 0 Å². The molecule has 4 heteroatoms. The molecule has 0 bridgehead atoms. The van der Waals surface area contributed by atoms with Crippen LogP contribution >= 0.6 is 0 Å². The first-order valence-corrected chi connectivity index (χ1v) is 5.73. The van der Waals surface area contributed by atoms with E-state index in [2.05, 4.69) is 4.98 Å². The molecule has 0 aliphatic rings. The summed E-state index contributed by atoms with van der Waals surface area (Å²) in [5.74, 6) is 1.49. The standard InChI is InChI=1S/C14H16N2O2/c1-17-13-6-5-11(9-15)14(8-13)18-10-12-4-2-3-7-16-12/h2-8H,9-10,15H2,1H3. The monoisotopic (exact) mass is 244 g/mol. The summed E-state index contributed by atoms with van der Waals surface area (Å²) in [6, 6.07) is 11.3. The van der Waals surface area contributed by atoms with Gasteiger partial charge in [-0.15, -0.1) is 0 Å². The largest absolute Gasteiger partial charge is 0.497 e. The molecule has 2 N–H and O–H groups in total. The van der Waals surface area contributed by atoms with E-state index in [1.807, 2.05) is 36.4 Å². The third-order valence-electron chi connectivity index (χ3n) is 2.60. The third-order valence-corrected chi connectivity index (χ3v) is 2.60. The van der Waals surface area contributed by atoms with Gasteiger partial charge in [-0.3, -0.25) is 4.98 Å². The van der Waals surface area contributed by atoms with E-state index in [9.17, 15) is 0 Å². The molecule has 4 nitrogen and oxygen atoms in total. The Hall–Kier alpha value is -2.07. The van der Waals surface area contributed by atoms with Gasteiger partial charge in [0.05, 0.1) is 12.8 Å². The zero-order valence-corrected chi connectivity index (χ0v) is 10.3. The van der Waals surface area contributed by atoms with E-state index < -0.39 is 0 Å². The Bertz CT molecular complexity index is 500. The number of benzene rings is 1. The normalized spacial score (nSPS) is 10.1. The van der Waals surface area contributed by atoms with Gasteiger partial charge < -0.3 is 15.2 Å². The zero-order chi connectivity index (χ0) is 12.8. The summed E-state index contributed by atoms with van der Waals surface area (Å²) in [5.41, 5.74) is 7.50. The molecule has 0 aliphatic carbocycles. The highest BCUT2D eigenvalue weighted by atomic mass is 16.5. The van der Waals surface area contributed by atoms with Crippen LogP contribution < -0.4 is 15.2 Å². The molecule has 1 heterocycles. The number of aromatic nitrogens is 1. The van der Waals surface area contributed by atoms with Crippen molar-refractivity contribution in [2.75, 3.05) is 7.11 Å². The molecule has 0 saturated heterocycles. The van der Waals surface area contributed by atoms with Crippen LogP contribution in [0.4, 0.5) is 0 Å². The molecule has 94 valence electrons. The summed E-state index contributed by atoms with van der Waals surface area (Å²) >= 11 is 0.